The van der Waals surface area contributed by atoms with Gasteiger partial charge in [0.15, 0.2) is 0 Å². The van der Waals surface area contributed by atoms with Gasteiger partial charge < -0.3 is 14.2 Å². The first-order valence-corrected chi connectivity index (χ1v) is 6.13. The average molecular weight is 241 g/mol. The molecule has 1 aromatic carbocycles. The van der Waals surface area contributed by atoms with E-state index in [9.17, 15) is 0 Å². The van der Waals surface area contributed by atoms with E-state index in [1.54, 1.807) is 6.26 Å². The van der Waals surface area contributed by atoms with Crippen LogP contribution in [0.2, 0.25) is 0 Å². The Kier molecular flexibility index (Phi) is 2.90. The molecule has 0 spiro atoms. The van der Waals surface area contributed by atoms with Gasteiger partial charge in [0, 0.05) is 5.39 Å². The zero-order valence-corrected chi connectivity index (χ0v) is 10.2. The minimum atomic E-state index is -0.0302. The largest absolute Gasteiger partial charge is 0.467 e. The van der Waals surface area contributed by atoms with Gasteiger partial charge in [-0.3, -0.25) is 0 Å². The standard InChI is InChI=1S/C15H15NO2/c1-2-16-15(13-8-5-9-17-13)14-10-11-6-3-4-7-12(11)18-14/h3-10,15-16H,2H2,1H3. The fourth-order valence-corrected chi connectivity index (χ4v) is 2.15. The molecule has 0 saturated heterocycles. The Morgan fingerprint density at radius 2 is 2.00 bits per heavy atom. The normalized spacial score (nSPS) is 12.9. The van der Waals surface area contributed by atoms with Gasteiger partial charge >= 0.3 is 0 Å². The maximum Gasteiger partial charge on any atom is 0.134 e. The predicted octanol–water partition coefficient (Wildman–Crippen LogP) is 3.72. The van der Waals surface area contributed by atoms with Crippen molar-refractivity contribution in [3.63, 3.8) is 0 Å². The summed E-state index contributed by atoms with van der Waals surface area (Å²) < 4.78 is 11.4. The summed E-state index contributed by atoms with van der Waals surface area (Å²) in [6.07, 6.45) is 1.68. The van der Waals surface area contributed by atoms with E-state index in [1.165, 1.54) is 0 Å². The molecule has 0 fully saturated rings. The molecule has 0 aliphatic rings. The molecule has 3 aromatic rings. The van der Waals surface area contributed by atoms with Crippen LogP contribution in [0.4, 0.5) is 0 Å². The van der Waals surface area contributed by atoms with Crippen molar-refractivity contribution >= 4 is 11.0 Å². The van der Waals surface area contributed by atoms with Gasteiger partial charge in [-0.2, -0.15) is 0 Å². The van der Waals surface area contributed by atoms with Crippen molar-refractivity contribution in [1.82, 2.24) is 5.32 Å². The number of furan rings is 2. The molecule has 1 atom stereocenters. The predicted molar refractivity (Wildman–Crippen MR) is 70.4 cm³/mol. The van der Waals surface area contributed by atoms with E-state index in [1.807, 2.05) is 36.4 Å². The molecule has 3 nitrogen and oxygen atoms in total. The van der Waals surface area contributed by atoms with Gasteiger partial charge in [-0.1, -0.05) is 25.1 Å². The topological polar surface area (TPSA) is 38.3 Å². The maximum absolute atomic E-state index is 5.88. The van der Waals surface area contributed by atoms with Crippen molar-refractivity contribution in [1.29, 1.82) is 0 Å². The van der Waals surface area contributed by atoms with Gasteiger partial charge in [0.1, 0.15) is 23.1 Å². The molecule has 2 aromatic heterocycles. The van der Waals surface area contributed by atoms with Crippen molar-refractivity contribution in [3.8, 4) is 0 Å². The Morgan fingerprint density at radius 3 is 2.72 bits per heavy atom. The van der Waals surface area contributed by atoms with Crippen molar-refractivity contribution in [2.45, 2.75) is 13.0 Å². The van der Waals surface area contributed by atoms with Crippen LogP contribution in [0.5, 0.6) is 0 Å². The smallest absolute Gasteiger partial charge is 0.134 e. The van der Waals surface area contributed by atoms with Crippen molar-refractivity contribution in [2.75, 3.05) is 6.54 Å². The number of fused-ring (bicyclic) bond motifs is 1. The lowest BCUT2D eigenvalue weighted by Gasteiger charge is -2.12. The highest BCUT2D eigenvalue weighted by atomic mass is 16.4. The monoisotopic (exact) mass is 241 g/mol. The Labute approximate surface area is 105 Å². The number of nitrogens with one attached hydrogen (secondary N) is 1. The summed E-state index contributed by atoms with van der Waals surface area (Å²) in [5, 5.41) is 4.49. The van der Waals surface area contributed by atoms with Gasteiger partial charge in [-0.15, -0.1) is 0 Å². The van der Waals surface area contributed by atoms with Crippen LogP contribution in [0, 0.1) is 0 Å². The molecule has 0 amide bonds. The Balaban J connectivity index is 2.04. The number of benzene rings is 1. The van der Waals surface area contributed by atoms with Crippen LogP contribution in [-0.4, -0.2) is 6.54 Å². The summed E-state index contributed by atoms with van der Waals surface area (Å²) in [5.74, 6) is 1.75. The first-order valence-electron chi connectivity index (χ1n) is 6.13. The highest BCUT2D eigenvalue weighted by Crippen LogP contribution is 2.28. The van der Waals surface area contributed by atoms with Crippen molar-refractivity contribution in [2.24, 2.45) is 0 Å². The number of rotatable bonds is 4. The molecule has 0 bridgehead atoms. The number of hydrogen-bond donors (Lipinski definition) is 1. The van der Waals surface area contributed by atoms with Crippen LogP contribution in [0.15, 0.2) is 57.6 Å². The van der Waals surface area contributed by atoms with Crippen LogP contribution >= 0.6 is 0 Å². The summed E-state index contributed by atoms with van der Waals surface area (Å²) in [6.45, 7) is 2.92. The molecule has 0 aliphatic heterocycles. The van der Waals surface area contributed by atoms with E-state index in [0.717, 1.165) is 29.0 Å². The van der Waals surface area contributed by atoms with E-state index in [2.05, 4.69) is 18.3 Å². The lowest BCUT2D eigenvalue weighted by atomic mass is 10.1. The van der Waals surface area contributed by atoms with Gasteiger partial charge in [-0.25, -0.2) is 0 Å². The molecule has 3 heteroatoms. The van der Waals surface area contributed by atoms with Gasteiger partial charge in [0.25, 0.3) is 0 Å². The summed E-state index contributed by atoms with van der Waals surface area (Å²) in [4.78, 5) is 0. The third-order valence-corrected chi connectivity index (χ3v) is 2.97. The second-order valence-electron chi connectivity index (χ2n) is 4.19. The average Bonchev–Trinajstić information content (AvgIpc) is 3.04. The third kappa shape index (κ3) is 1.93. The number of para-hydroxylation sites is 1. The maximum atomic E-state index is 5.88. The minimum absolute atomic E-state index is 0.0302. The summed E-state index contributed by atoms with van der Waals surface area (Å²) >= 11 is 0. The molecule has 0 radical (unpaired) electrons. The molecule has 1 N–H and O–H groups in total. The molecular formula is C15H15NO2. The lowest BCUT2D eigenvalue weighted by molar-refractivity contribution is 0.404. The van der Waals surface area contributed by atoms with Crippen LogP contribution < -0.4 is 5.32 Å². The quantitative estimate of drug-likeness (QED) is 0.756. The molecule has 2 heterocycles. The first kappa shape index (κ1) is 11.1. The lowest BCUT2D eigenvalue weighted by Crippen LogP contribution is -2.20. The molecular weight excluding hydrogens is 226 g/mol. The second-order valence-corrected chi connectivity index (χ2v) is 4.19. The van der Waals surface area contributed by atoms with Gasteiger partial charge in [0.05, 0.1) is 6.26 Å². The van der Waals surface area contributed by atoms with E-state index < -0.39 is 0 Å². The Hall–Kier alpha value is -2.00. The third-order valence-electron chi connectivity index (χ3n) is 2.97. The zero-order chi connectivity index (χ0) is 12.4. The minimum Gasteiger partial charge on any atom is -0.467 e. The molecule has 0 saturated carbocycles. The van der Waals surface area contributed by atoms with Crippen LogP contribution in [0.1, 0.15) is 24.5 Å². The fourth-order valence-electron chi connectivity index (χ4n) is 2.15. The summed E-state index contributed by atoms with van der Waals surface area (Å²) in [5.41, 5.74) is 0.905. The van der Waals surface area contributed by atoms with E-state index in [4.69, 9.17) is 8.83 Å². The molecule has 18 heavy (non-hydrogen) atoms. The molecule has 92 valence electrons. The van der Waals surface area contributed by atoms with Crippen molar-refractivity contribution < 1.29 is 8.83 Å². The fraction of sp³-hybridized carbons (Fsp3) is 0.200. The Morgan fingerprint density at radius 1 is 1.11 bits per heavy atom. The van der Waals surface area contributed by atoms with E-state index in [0.29, 0.717) is 0 Å². The second kappa shape index (κ2) is 4.70. The first-order chi connectivity index (χ1) is 8.88. The van der Waals surface area contributed by atoms with Crippen LogP contribution in [0.25, 0.3) is 11.0 Å². The van der Waals surface area contributed by atoms with Crippen LogP contribution in [0.3, 0.4) is 0 Å². The molecule has 0 aliphatic carbocycles. The van der Waals surface area contributed by atoms with Gasteiger partial charge in [0.2, 0.25) is 0 Å². The number of hydrogen-bond acceptors (Lipinski definition) is 3. The molecule has 3 rings (SSSR count). The van der Waals surface area contributed by atoms with E-state index >= 15 is 0 Å². The van der Waals surface area contributed by atoms with Crippen molar-refractivity contribution in [3.05, 3.63) is 60.2 Å². The SMILES string of the molecule is CCNC(c1ccco1)c1cc2ccccc2o1. The summed E-state index contributed by atoms with van der Waals surface area (Å²) in [7, 11) is 0. The van der Waals surface area contributed by atoms with Crippen LogP contribution in [-0.2, 0) is 0 Å². The molecule has 1 unspecified atom stereocenters. The van der Waals surface area contributed by atoms with Gasteiger partial charge in [-0.05, 0) is 30.8 Å². The summed E-state index contributed by atoms with van der Waals surface area (Å²) in [6, 6.07) is 13.9. The highest BCUT2D eigenvalue weighted by Gasteiger charge is 2.19. The van der Waals surface area contributed by atoms with E-state index in [-0.39, 0.29) is 6.04 Å². The zero-order valence-electron chi connectivity index (χ0n) is 10.2. The highest BCUT2D eigenvalue weighted by molar-refractivity contribution is 5.77. The Bertz CT molecular complexity index is 592.